The third-order valence-electron chi connectivity index (χ3n) is 3.81. The third-order valence-corrected chi connectivity index (χ3v) is 4.61. The fourth-order valence-corrected chi connectivity index (χ4v) is 3.16. The Labute approximate surface area is 188 Å². The normalized spacial score (nSPS) is 10.7. The van der Waals surface area contributed by atoms with E-state index in [0.29, 0.717) is 23.8 Å². The topological polar surface area (TPSA) is 89.0 Å². The molecule has 9 heteroatoms. The van der Waals surface area contributed by atoms with Crippen molar-refractivity contribution in [3.63, 3.8) is 0 Å². The van der Waals surface area contributed by atoms with Crippen LogP contribution in [0.15, 0.2) is 41.5 Å². The van der Waals surface area contributed by atoms with E-state index in [4.69, 9.17) is 9.47 Å². The Morgan fingerprint density at radius 1 is 1.17 bits per heavy atom. The predicted octanol–water partition coefficient (Wildman–Crippen LogP) is 4.10. The van der Waals surface area contributed by atoms with Crippen molar-refractivity contribution in [2.24, 2.45) is 5.10 Å². The quantitative estimate of drug-likeness (QED) is 0.277. The van der Waals surface area contributed by atoms with Gasteiger partial charge < -0.3 is 14.8 Å². The zero-order valence-corrected chi connectivity index (χ0v) is 18.9. The molecule has 0 spiro atoms. The minimum absolute atomic E-state index is 0.0199. The van der Waals surface area contributed by atoms with E-state index in [9.17, 15) is 14.0 Å². The van der Waals surface area contributed by atoms with Crippen molar-refractivity contribution in [3.05, 3.63) is 51.3 Å². The van der Waals surface area contributed by atoms with E-state index in [1.807, 2.05) is 13.0 Å². The maximum atomic E-state index is 12.9. The molecule has 160 valence electrons. The second-order valence-electron chi connectivity index (χ2n) is 6.23. The van der Waals surface area contributed by atoms with E-state index in [-0.39, 0.29) is 24.6 Å². The van der Waals surface area contributed by atoms with E-state index < -0.39 is 5.91 Å². The monoisotopic (exact) mass is 527 g/mol. The van der Waals surface area contributed by atoms with E-state index in [1.54, 1.807) is 13.2 Å². The molecule has 2 rings (SSSR count). The van der Waals surface area contributed by atoms with Crippen molar-refractivity contribution >= 4 is 46.3 Å². The average Bonchev–Trinajstić information content (AvgIpc) is 2.73. The van der Waals surface area contributed by atoms with E-state index in [0.717, 1.165) is 15.6 Å². The lowest BCUT2D eigenvalue weighted by atomic mass is 10.2. The Balaban J connectivity index is 1.84. The molecular formula is C21H23FIN3O4. The number of anilines is 1. The highest BCUT2D eigenvalue weighted by molar-refractivity contribution is 14.1. The lowest BCUT2D eigenvalue weighted by Crippen LogP contribution is -2.20. The van der Waals surface area contributed by atoms with Gasteiger partial charge in [-0.25, -0.2) is 9.82 Å². The highest BCUT2D eigenvalue weighted by Gasteiger charge is 2.11. The van der Waals surface area contributed by atoms with Crippen LogP contribution in [0.2, 0.25) is 0 Å². The Kier molecular flexibility index (Phi) is 9.52. The second-order valence-corrected chi connectivity index (χ2v) is 7.39. The van der Waals surface area contributed by atoms with Gasteiger partial charge in [-0.1, -0.05) is 6.92 Å². The van der Waals surface area contributed by atoms with Crippen molar-refractivity contribution < 1.29 is 23.5 Å². The van der Waals surface area contributed by atoms with E-state index in [2.05, 4.69) is 38.4 Å². The first-order valence-electron chi connectivity index (χ1n) is 9.30. The molecule has 0 heterocycles. The molecule has 2 aromatic rings. The summed E-state index contributed by atoms with van der Waals surface area (Å²) in [6, 6.07) is 9.02. The van der Waals surface area contributed by atoms with Crippen molar-refractivity contribution in [1.82, 2.24) is 5.43 Å². The molecule has 0 aliphatic rings. The molecule has 2 aromatic carbocycles. The summed E-state index contributed by atoms with van der Waals surface area (Å²) in [6.45, 7) is 2.61. The SMILES string of the molecule is CCCOc1c(I)cc(C=NNC(=O)CCC(=O)Nc2ccc(F)cc2)cc1OC. The minimum Gasteiger partial charge on any atom is -0.493 e. The van der Waals surface area contributed by atoms with Gasteiger partial charge in [-0.05, 0) is 71.0 Å². The van der Waals surface area contributed by atoms with Gasteiger partial charge in [-0.3, -0.25) is 9.59 Å². The summed E-state index contributed by atoms with van der Waals surface area (Å²) >= 11 is 2.15. The van der Waals surface area contributed by atoms with E-state index >= 15 is 0 Å². The van der Waals surface area contributed by atoms with Gasteiger partial charge >= 0.3 is 0 Å². The number of ether oxygens (including phenoxy) is 2. The summed E-state index contributed by atoms with van der Waals surface area (Å²) in [5.74, 6) is 0.127. The molecule has 7 nitrogen and oxygen atoms in total. The number of carbonyl (C=O) groups excluding carboxylic acids is 2. The van der Waals surface area contributed by atoms with Crippen LogP contribution in [-0.2, 0) is 9.59 Å². The number of halogens is 2. The molecule has 0 saturated heterocycles. The van der Waals surface area contributed by atoms with E-state index in [1.165, 1.54) is 30.5 Å². The summed E-state index contributed by atoms with van der Waals surface area (Å²) in [6.07, 6.45) is 2.32. The van der Waals surface area contributed by atoms with Gasteiger partial charge in [0.15, 0.2) is 11.5 Å². The van der Waals surface area contributed by atoms with Gasteiger partial charge in [-0.2, -0.15) is 5.10 Å². The number of hydrogen-bond donors (Lipinski definition) is 2. The number of carbonyl (C=O) groups is 2. The van der Waals surface area contributed by atoms with Gasteiger partial charge in [0.1, 0.15) is 5.82 Å². The van der Waals surface area contributed by atoms with Crippen LogP contribution in [0.3, 0.4) is 0 Å². The Morgan fingerprint density at radius 3 is 2.53 bits per heavy atom. The van der Waals surface area contributed by atoms with Gasteiger partial charge in [0.25, 0.3) is 0 Å². The molecule has 0 aromatic heterocycles. The van der Waals surface area contributed by atoms with Crippen molar-refractivity contribution in [2.75, 3.05) is 19.0 Å². The molecule has 0 bridgehead atoms. The first kappa shape index (κ1) is 23.6. The van der Waals surface area contributed by atoms with Gasteiger partial charge in [-0.15, -0.1) is 0 Å². The largest absolute Gasteiger partial charge is 0.493 e. The van der Waals surface area contributed by atoms with Gasteiger partial charge in [0, 0.05) is 18.5 Å². The Bertz CT molecular complexity index is 904. The highest BCUT2D eigenvalue weighted by atomic mass is 127. The molecule has 0 aliphatic heterocycles. The van der Waals surface area contributed by atoms with Crippen LogP contribution in [0.5, 0.6) is 11.5 Å². The van der Waals surface area contributed by atoms with Crippen LogP contribution >= 0.6 is 22.6 Å². The number of nitrogens with one attached hydrogen (secondary N) is 2. The Morgan fingerprint density at radius 2 is 1.87 bits per heavy atom. The number of hydrogen-bond acceptors (Lipinski definition) is 5. The van der Waals surface area contributed by atoms with Crippen LogP contribution in [0.1, 0.15) is 31.7 Å². The van der Waals surface area contributed by atoms with Crippen LogP contribution in [0.4, 0.5) is 10.1 Å². The molecule has 0 aliphatic carbocycles. The average molecular weight is 527 g/mol. The maximum absolute atomic E-state index is 12.9. The first-order chi connectivity index (χ1) is 14.4. The molecule has 0 radical (unpaired) electrons. The molecule has 0 fully saturated rings. The summed E-state index contributed by atoms with van der Waals surface area (Å²) in [5.41, 5.74) is 3.59. The van der Waals surface area contributed by atoms with Crippen LogP contribution in [0, 0.1) is 9.39 Å². The molecule has 2 N–H and O–H groups in total. The number of amides is 2. The number of hydrazone groups is 1. The zero-order valence-electron chi connectivity index (χ0n) is 16.7. The van der Waals surface area contributed by atoms with Gasteiger partial charge in [0.2, 0.25) is 11.8 Å². The fourth-order valence-electron chi connectivity index (χ4n) is 2.38. The minimum atomic E-state index is -0.398. The third kappa shape index (κ3) is 7.62. The molecule has 0 atom stereocenters. The van der Waals surface area contributed by atoms with Crippen molar-refractivity contribution in [1.29, 1.82) is 0 Å². The molecule has 0 saturated carbocycles. The molecule has 30 heavy (non-hydrogen) atoms. The van der Waals surface area contributed by atoms with Crippen LogP contribution in [0.25, 0.3) is 0 Å². The smallest absolute Gasteiger partial charge is 0.240 e. The van der Waals surface area contributed by atoms with Crippen LogP contribution < -0.4 is 20.2 Å². The number of nitrogens with zero attached hydrogens (tertiary/aromatic N) is 1. The highest BCUT2D eigenvalue weighted by Crippen LogP contribution is 2.33. The summed E-state index contributed by atoms with van der Waals surface area (Å²) in [5, 5.41) is 6.52. The molecule has 0 unspecified atom stereocenters. The lowest BCUT2D eigenvalue weighted by molar-refractivity contribution is -0.124. The standard InChI is InChI=1S/C21H23FIN3O4/c1-3-10-30-21-17(23)11-14(12-18(21)29-2)13-24-26-20(28)9-8-19(27)25-16-6-4-15(22)5-7-16/h4-7,11-13H,3,8-10H2,1-2H3,(H,25,27)(H,26,28). The molecular weight excluding hydrogens is 504 g/mol. The fraction of sp³-hybridized carbons (Fsp3) is 0.286. The van der Waals surface area contributed by atoms with Gasteiger partial charge in [0.05, 0.1) is 23.5 Å². The number of benzene rings is 2. The zero-order chi connectivity index (χ0) is 21.9. The van der Waals surface area contributed by atoms with Crippen molar-refractivity contribution in [3.8, 4) is 11.5 Å². The van der Waals surface area contributed by atoms with Crippen molar-refractivity contribution in [2.45, 2.75) is 26.2 Å². The summed E-state index contributed by atoms with van der Waals surface area (Å²) in [7, 11) is 1.56. The second kappa shape index (κ2) is 12.1. The number of methoxy groups -OCH3 is 1. The van der Waals surface area contributed by atoms with Crippen LogP contribution in [-0.4, -0.2) is 31.7 Å². The molecule has 2 amide bonds. The summed E-state index contributed by atoms with van der Waals surface area (Å²) in [4.78, 5) is 23.8. The maximum Gasteiger partial charge on any atom is 0.240 e. The predicted molar refractivity (Wildman–Crippen MR) is 121 cm³/mol. The first-order valence-corrected chi connectivity index (χ1v) is 10.4. The lowest BCUT2D eigenvalue weighted by Gasteiger charge is -2.12. The summed E-state index contributed by atoms with van der Waals surface area (Å²) < 4.78 is 24.8. The number of rotatable bonds is 10. The Hall–Kier alpha value is -2.69.